The third-order valence-electron chi connectivity index (χ3n) is 4.58. The minimum atomic E-state index is -4.70. The van der Waals surface area contributed by atoms with Crippen molar-refractivity contribution in [2.75, 3.05) is 25.0 Å². The van der Waals surface area contributed by atoms with Crippen molar-refractivity contribution in [1.82, 2.24) is 5.32 Å². The quantitative estimate of drug-likeness (QED) is 0.225. The number of rotatable bonds is 8. The molecule has 1 heterocycles. The van der Waals surface area contributed by atoms with E-state index in [2.05, 4.69) is 10.6 Å². The molecule has 0 aliphatic carbocycles. The van der Waals surface area contributed by atoms with Crippen molar-refractivity contribution in [1.29, 1.82) is 0 Å². The number of carbonyl (C=O) groups excluding carboxylic acids is 1. The summed E-state index contributed by atoms with van der Waals surface area (Å²) < 4.78 is 48.7. The number of carbonyl (C=O) groups is 1. The molecule has 0 aliphatic rings. The number of nitrogens with zero attached hydrogens (tertiary/aromatic N) is 1. The van der Waals surface area contributed by atoms with Gasteiger partial charge in [0.25, 0.3) is 11.6 Å². The lowest BCUT2D eigenvalue weighted by Gasteiger charge is -2.11. The molecule has 0 saturated heterocycles. The summed E-state index contributed by atoms with van der Waals surface area (Å²) in [5, 5.41) is 16.9. The number of halogens is 3. The van der Waals surface area contributed by atoms with Crippen molar-refractivity contribution in [2.45, 2.75) is 13.1 Å². The van der Waals surface area contributed by atoms with Crippen LogP contribution in [0.4, 0.5) is 24.5 Å². The Kier molecular flexibility index (Phi) is 6.85. The second-order valence-electron chi connectivity index (χ2n) is 6.96. The van der Waals surface area contributed by atoms with Gasteiger partial charge < -0.3 is 19.8 Å². The van der Waals surface area contributed by atoms with Crippen LogP contribution in [-0.4, -0.2) is 30.5 Å². The summed E-state index contributed by atoms with van der Waals surface area (Å²) in [5.41, 5.74) is -1.40. The smallest absolute Gasteiger partial charge is 0.416 e. The second-order valence-corrected chi connectivity index (χ2v) is 6.96. The largest absolute Gasteiger partial charge is 0.484 e. The molecule has 0 bridgehead atoms. The molecule has 3 aromatic rings. The van der Waals surface area contributed by atoms with Gasteiger partial charge >= 0.3 is 11.8 Å². The molecule has 174 valence electrons. The highest BCUT2D eigenvalue weighted by Crippen LogP contribution is 2.34. The molecule has 0 unspecified atom stereocenters. The van der Waals surface area contributed by atoms with Gasteiger partial charge in [-0.05, 0) is 36.8 Å². The van der Waals surface area contributed by atoms with E-state index in [1.165, 1.54) is 12.1 Å². The Morgan fingerprint density at radius 3 is 2.61 bits per heavy atom. The number of anilines is 1. The van der Waals surface area contributed by atoms with Crippen LogP contribution >= 0.6 is 0 Å². The van der Waals surface area contributed by atoms with Gasteiger partial charge in [0.2, 0.25) is 0 Å². The van der Waals surface area contributed by atoms with Crippen LogP contribution < -0.4 is 21.0 Å². The van der Waals surface area contributed by atoms with E-state index in [1.807, 2.05) is 0 Å². The molecule has 3 rings (SSSR count). The van der Waals surface area contributed by atoms with Crippen molar-refractivity contribution in [3.8, 4) is 5.75 Å². The van der Waals surface area contributed by atoms with Crippen LogP contribution in [0.3, 0.4) is 0 Å². The van der Waals surface area contributed by atoms with E-state index in [4.69, 9.17) is 9.15 Å². The van der Waals surface area contributed by atoms with Crippen molar-refractivity contribution >= 4 is 28.3 Å². The number of amides is 1. The van der Waals surface area contributed by atoms with Gasteiger partial charge in [-0.2, -0.15) is 13.2 Å². The van der Waals surface area contributed by atoms with Gasteiger partial charge in [0, 0.05) is 36.7 Å². The fourth-order valence-electron chi connectivity index (χ4n) is 3.00. The van der Waals surface area contributed by atoms with Crippen LogP contribution in [0, 0.1) is 17.0 Å². The van der Waals surface area contributed by atoms with Gasteiger partial charge in [0.15, 0.2) is 6.61 Å². The predicted molar refractivity (Wildman–Crippen MR) is 112 cm³/mol. The molecule has 0 fully saturated rings. The fourth-order valence-corrected chi connectivity index (χ4v) is 3.00. The van der Waals surface area contributed by atoms with Gasteiger partial charge in [0.05, 0.1) is 10.5 Å². The van der Waals surface area contributed by atoms with Crippen LogP contribution in [0.2, 0.25) is 0 Å². The summed E-state index contributed by atoms with van der Waals surface area (Å²) in [6.45, 7) is 1.48. The number of aryl methyl sites for hydroxylation is 1. The fraction of sp³-hybridized carbons (Fsp3) is 0.238. The van der Waals surface area contributed by atoms with Gasteiger partial charge in [0.1, 0.15) is 17.0 Å². The maximum Gasteiger partial charge on any atom is 0.416 e. The Hall–Kier alpha value is -4.09. The number of alkyl halides is 3. The van der Waals surface area contributed by atoms with Gasteiger partial charge in [-0.1, -0.05) is 0 Å². The maximum atomic E-state index is 12.7. The molecular formula is C21H18F3N3O6. The molecule has 33 heavy (non-hydrogen) atoms. The molecule has 1 amide bonds. The Bertz CT molecular complexity index is 1260. The number of nitrogens with one attached hydrogen (secondary N) is 2. The topological polar surface area (TPSA) is 124 Å². The summed E-state index contributed by atoms with van der Waals surface area (Å²) >= 11 is 0. The van der Waals surface area contributed by atoms with Crippen LogP contribution in [0.5, 0.6) is 5.75 Å². The predicted octanol–water partition coefficient (Wildman–Crippen LogP) is 3.64. The first-order valence-corrected chi connectivity index (χ1v) is 9.58. The minimum absolute atomic E-state index is 0.0261. The Morgan fingerprint density at radius 1 is 1.15 bits per heavy atom. The van der Waals surface area contributed by atoms with Crippen molar-refractivity contribution in [3.05, 3.63) is 74.1 Å². The third kappa shape index (κ3) is 5.99. The molecule has 2 aromatic carbocycles. The lowest BCUT2D eigenvalue weighted by atomic mass is 10.1. The first-order chi connectivity index (χ1) is 15.5. The van der Waals surface area contributed by atoms with E-state index >= 15 is 0 Å². The van der Waals surface area contributed by atoms with E-state index in [-0.39, 0.29) is 25.4 Å². The van der Waals surface area contributed by atoms with Gasteiger partial charge in [-0.3, -0.25) is 14.9 Å². The molecule has 0 spiro atoms. The van der Waals surface area contributed by atoms with E-state index in [9.17, 15) is 32.9 Å². The zero-order valence-corrected chi connectivity index (χ0v) is 17.2. The molecule has 0 aliphatic heterocycles. The Morgan fingerprint density at radius 2 is 1.91 bits per heavy atom. The van der Waals surface area contributed by atoms with Crippen LogP contribution in [0.1, 0.15) is 11.1 Å². The van der Waals surface area contributed by atoms with E-state index in [0.29, 0.717) is 17.4 Å². The maximum absolute atomic E-state index is 12.7. The highest BCUT2D eigenvalue weighted by molar-refractivity contribution is 5.81. The summed E-state index contributed by atoms with van der Waals surface area (Å²) in [7, 11) is 0. The molecule has 0 saturated carbocycles. The lowest BCUT2D eigenvalue weighted by molar-refractivity contribution is -0.384. The van der Waals surface area contributed by atoms with Crippen molar-refractivity contribution in [2.24, 2.45) is 0 Å². The highest BCUT2D eigenvalue weighted by atomic mass is 19.4. The summed E-state index contributed by atoms with van der Waals surface area (Å²) in [4.78, 5) is 33.6. The lowest BCUT2D eigenvalue weighted by Crippen LogP contribution is -2.32. The molecule has 9 nitrogen and oxygen atoms in total. The van der Waals surface area contributed by atoms with E-state index in [1.54, 1.807) is 19.1 Å². The zero-order valence-electron chi connectivity index (χ0n) is 17.2. The number of nitro groups is 1. The first kappa shape index (κ1) is 23.6. The minimum Gasteiger partial charge on any atom is -0.484 e. The Balaban J connectivity index is 1.51. The first-order valence-electron chi connectivity index (χ1n) is 9.58. The molecular weight excluding hydrogens is 447 g/mol. The number of benzene rings is 2. The SMILES string of the molecule is Cc1cc(=O)oc2cc(OCC(=O)NCCNc3ccc(C(F)(F)F)cc3[N+](=O)[O-])ccc12. The van der Waals surface area contributed by atoms with Crippen molar-refractivity contribution < 1.29 is 32.0 Å². The standard InChI is InChI=1S/C21H18F3N3O6/c1-12-8-20(29)33-18-10-14(3-4-15(12)18)32-11-19(28)26-7-6-25-16-5-2-13(21(22,23)24)9-17(16)27(30)31/h2-5,8-10,25H,6-7,11H2,1H3,(H,26,28). The van der Waals surface area contributed by atoms with E-state index < -0.39 is 33.9 Å². The number of hydrogen-bond acceptors (Lipinski definition) is 7. The van der Waals surface area contributed by atoms with E-state index in [0.717, 1.165) is 23.1 Å². The average molecular weight is 465 g/mol. The number of ether oxygens (including phenoxy) is 1. The highest BCUT2D eigenvalue weighted by Gasteiger charge is 2.33. The molecule has 2 N–H and O–H groups in total. The molecule has 12 heteroatoms. The van der Waals surface area contributed by atoms with Crippen LogP contribution in [-0.2, 0) is 11.0 Å². The second kappa shape index (κ2) is 9.59. The number of fused-ring (bicyclic) bond motifs is 1. The summed E-state index contributed by atoms with van der Waals surface area (Å²) in [6.07, 6.45) is -4.70. The Labute approximate surface area is 184 Å². The van der Waals surface area contributed by atoms with Gasteiger partial charge in [-0.15, -0.1) is 0 Å². The van der Waals surface area contributed by atoms with Crippen molar-refractivity contribution in [3.63, 3.8) is 0 Å². The van der Waals surface area contributed by atoms with Gasteiger partial charge in [-0.25, -0.2) is 4.79 Å². The average Bonchev–Trinajstić information content (AvgIpc) is 2.74. The normalized spacial score (nSPS) is 11.3. The number of nitro benzene ring substituents is 1. The molecule has 1 aromatic heterocycles. The van der Waals surface area contributed by atoms with Crippen LogP contribution in [0.25, 0.3) is 11.0 Å². The zero-order chi connectivity index (χ0) is 24.2. The number of hydrogen-bond donors (Lipinski definition) is 2. The molecule has 0 atom stereocenters. The van der Waals surface area contributed by atoms with Crippen LogP contribution in [0.15, 0.2) is 51.7 Å². The summed E-state index contributed by atoms with van der Waals surface area (Å²) in [5.74, 6) is -0.186. The third-order valence-corrected chi connectivity index (χ3v) is 4.58. The molecule has 0 radical (unpaired) electrons. The monoisotopic (exact) mass is 465 g/mol. The summed E-state index contributed by atoms with van der Waals surface area (Å²) in [6, 6.07) is 8.31.